The minimum atomic E-state index is -1.92. The van der Waals surface area contributed by atoms with Crippen molar-refractivity contribution in [3.63, 3.8) is 0 Å². The van der Waals surface area contributed by atoms with E-state index in [2.05, 4.69) is 25.3 Å². The standard InChI is InChI=1S/C13H23N3O6S2/c1-12(15,10(19)20)8(23)6(17)4-3-5(14)7(18)9(24)13(2,16)11(21)22/h5,8-9,23-24H,3-4,14-16H2,1-2H3,(H,19,20)(H,21,22). The first kappa shape index (κ1) is 22.9. The van der Waals surface area contributed by atoms with Crippen LogP contribution in [0.5, 0.6) is 0 Å². The first-order valence-electron chi connectivity index (χ1n) is 6.90. The molecule has 9 nitrogen and oxygen atoms in total. The second kappa shape index (κ2) is 8.30. The van der Waals surface area contributed by atoms with E-state index >= 15 is 0 Å². The summed E-state index contributed by atoms with van der Waals surface area (Å²) >= 11 is 7.83. The zero-order valence-electron chi connectivity index (χ0n) is 13.3. The monoisotopic (exact) mass is 381 g/mol. The summed E-state index contributed by atoms with van der Waals surface area (Å²) in [5.74, 6) is -4.15. The lowest BCUT2D eigenvalue weighted by Gasteiger charge is -2.28. The van der Waals surface area contributed by atoms with Crippen molar-refractivity contribution < 1.29 is 29.4 Å². The van der Waals surface area contributed by atoms with Crippen molar-refractivity contribution in [2.75, 3.05) is 0 Å². The average Bonchev–Trinajstić information content (AvgIpc) is 2.49. The van der Waals surface area contributed by atoms with Crippen LogP contribution in [0.1, 0.15) is 26.7 Å². The number of carbonyl (C=O) groups is 4. The Balaban J connectivity index is 4.83. The van der Waals surface area contributed by atoms with Crippen LogP contribution in [-0.4, -0.2) is 61.3 Å². The molecule has 0 aliphatic rings. The first-order chi connectivity index (χ1) is 10.7. The Morgan fingerprint density at radius 3 is 1.71 bits per heavy atom. The predicted molar refractivity (Wildman–Crippen MR) is 93.2 cm³/mol. The van der Waals surface area contributed by atoms with Gasteiger partial charge in [-0.05, 0) is 20.3 Å². The van der Waals surface area contributed by atoms with E-state index in [-0.39, 0.29) is 12.8 Å². The van der Waals surface area contributed by atoms with Crippen molar-refractivity contribution >= 4 is 48.8 Å². The maximum atomic E-state index is 12.1. The van der Waals surface area contributed by atoms with E-state index in [4.69, 9.17) is 27.4 Å². The number of thiol groups is 2. The Hall–Kier alpha value is -1.14. The summed E-state index contributed by atoms with van der Waals surface area (Å²) in [7, 11) is 0. The van der Waals surface area contributed by atoms with Crippen molar-refractivity contribution in [1.29, 1.82) is 0 Å². The molecule has 0 heterocycles. The summed E-state index contributed by atoms with van der Waals surface area (Å²) in [6.45, 7) is 2.27. The summed E-state index contributed by atoms with van der Waals surface area (Å²) in [6, 6.07) is -1.19. The molecule has 0 amide bonds. The summed E-state index contributed by atoms with van der Waals surface area (Å²) in [6.07, 6.45) is -0.396. The molecule has 0 spiro atoms. The molecule has 8 N–H and O–H groups in total. The Morgan fingerprint density at radius 2 is 1.33 bits per heavy atom. The smallest absolute Gasteiger partial charge is 0.325 e. The number of aliphatic carboxylic acids is 2. The van der Waals surface area contributed by atoms with Crippen molar-refractivity contribution in [2.24, 2.45) is 17.2 Å². The Morgan fingerprint density at radius 1 is 0.958 bits per heavy atom. The molecule has 0 aliphatic carbocycles. The molecule has 0 fully saturated rings. The Kier molecular flexibility index (Phi) is 7.90. The van der Waals surface area contributed by atoms with Gasteiger partial charge in [-0.2, -0.15) is 25.3 Å². The van der Waals surface area contributed by atoms with Gasteiger partial charge in [-0.1, -0.05) is 0 Å². The summed E-state index contributed by atoms with van der Waals surface area (Å²) in [5.41, 5.74) is 12.9. The van der Waals surface area contributed by atoms with Gasteiger partial charge in [0, 0.05) is 6.42 Å². The molecule has 0 aromatic heterocycles. The molecule has 0 aromatic carbocycles. The number of carboxylic acid groups (broad SMARTS) is 2. The third kappa shape index (κ3) is 5.18. The van der Waals surface area contributed by atoms with Crippen LogP contribution < -0.4 is 17.2 Å². The lowest BCUT2D eigenvalue weighted by Crippen LogP contribution is -2.58. The second-order valence-corrected chi connectivity index (χ2v) is 7.03. The van der Waals surface area contributed by atoms with Crippen LogP contribution in [0.4, 0.5) is 0 Å². The summed E-state index contributed by atoms with van der Waals surface area (Å²) in [4.78, 5) is 46.1. The minimum Gasteiger partial charge on any atom is -0.480 e. The highest BCUT2D eigenvalue weighted by molar-refractivity contribution is 7.82. The van der Waals surface area contributed by atoms with Gasteiger partial charge < -0.3 is 27.4 Å². The molecule has 0 aliphatic heterocycles. The number of carbonyl (C=O) groups excluding carboxylic acids is 2. The van der Waals surface area contributed by atoms with Gasteiger partial charge in [0.1, 0.15) is 16.9 Å². The highest BCUT2D eigenvalue weighted by Gasteiger charge is 2.42. The van der Waals surface area contributed by atoms with Crippen LogP contribution in [0.15, 0.2) is 0 Å². The molecular formula is C13H23N3O6S2. The third-order valence-electron chi connectivity index (χ3n) is 3.70. The zero-order chi connectivity index (χ0) is 19.5. The topological polar surface area (TPSA) is 187 Å². The molecule has 11 heteroatoms. The fourth-order valence-electron chi connectivity index (χ4n) is 1.64. The number of carboxylic acids is 2. The maximum Gasteiger partial charge on any atom is 0.325 e. The molecule has 0 bridgehead atoms. The molecule has 24 heavy (non-hydrogen) atoms. The van der Waals surface area contributed by atoms with Crippen molar-refractivity contribution in [3.05, 3.63) is 0 Å². The highest BCUT2D eigenvalue weighted by Crippen LogP contribution is 2.19. The maximum absolute atomic E-state index is 12.1. The van der Waals surface area contributed by atoms with Crippen LogP contribution in [0.3, 0.4) is 0 Å². The van der Waals surface area contributed by atoms with Crippen LogP contribution in [0.2, 0.25) is 0 Å². The fraction of sp³-hybridized carbons (Fsp3) is 0.692. The van der Waals surface area contributed by atoms with Gasteiger partial charge in [0.05, 0.1) is 16.5 Å². The van der Waals surface area contributed by atoms with E-state index in [0.717, 1.165) is 13.8 Å². The molecule has 5 unspecified atom stereocenters. The van der Waals surface area contributed by atoms with E-state index in [1.807, 2.05) is 0 Å². The second-order valence-electron chi connectivity index (χ2n) is 5.99. The van der Waals surface area contributed by atoms with Crippen molar-refractivity contribution in [2.45, 2.75) is 54.3 Å². The minimum absolute atomic E-state index is 0.142. The van der Waals surface area contributed by atoms with Crippen LogP contribution in [0.25, 0.3) is 0 Å². The third-order valence-corrected chi connectivity index (χ3v) is 5.31. The van der Waals surface area contributed by atoms with Gasteiger partial charge in [0.2, 0.25) is 0 Å². The molecule has 0 radical (unpaired) electrons. The highest BCUT2D eigenvalue weighted by atomic mass is 32.1. The number of nitrogens with two attached hydrogens (primary N) is 3. The van der Waals surface area contributed by atoms with Gasteiger partial charge in [-0.25, -0.2) is 0 Å². The lowest BCUT2D eigenvalue weighted by atomic mass is 9.89. The quantitative estimate of drug-likeness (QED) is 0.219. The van der Waals surface area contributed by atoms with Crippen molar-refractivity contribution in [3.8, 4) is 0 Å². The Bertz CT molecular complexity index is 538. The number of hydrogen-bond donors (Lipinski definition) is 7. The first-order valence-corrected chi connectivity index (χ1v) is 7.93. The molecule has 0 rings (SSSR count). The molecule has 0 aromatic rings. The Labute approximate surface area is 150 Å². The molecular weight excluding hydrogens is 358 g/mol. The SMILES string of the molecule is CC(N)(C(=O)O)C(S)C(=O)CCC(N)C(=O)C(S)C(C)(N)C(=O)O. The lowest BCUT2D eigenvalue weighted by molar-refractivity contribution is -0.144. The summed E-state index contributed by atoms with van der Waals surface area (Å²) < 4.78 is 0. The zero-order valence-corrected chi connectivity index (χ0v) is 15.1. The number of hydrogen-bond acceptors (Lipinski definition) is 9. The molecule has 138 valence electrons. The van der Waals surface area contributed by atoms with Gasteiger partial charge in [-0.15, -0.1) is 0 Å². The van der Waals surface area contributed by atoms with Gasteiger partial charge in [-0.3, -0.25) is 19.2 Å². The largest absolute Gasteiger partial charge is 0.480 e. The van der Waals surface area contributed by atoms with Gasteiger partial charge in [0.15, 0.2) is 5.78 Å². The van der Waals surface area contributed by atoms with Crippen LogP contribution >= 0.6 is 25.3 Å². The van der Waals surface area contributed by atoms with E-state index in [9.17, 15) is 19.2 Å². The van der Waals surface area contributed by atoms with Gasteiger partial charge >= 0.3 is 11.9 Å². The number of ketones is 2. The van der Waals surface area contributed by atoms with E-state index < -0.39 is 51.1 Å². The summed E-state index contributed by atoms with van der Waals surface area (Å²) in [5, 5.41) is 15.3. The molecule has 5 atom stereocenters. The predicted octanol–water partition coefficient (Wildman–Crippen LogP) is -1.57. The molecule has 0 saturated heterocycles. The van der Waals surface area contributed by atoms with Crippen LogP contribution in [0, 0.1) is 0 Å². The normalized spacial score (nSPS) is 20.1. The van der Waals surface area contributed by atoms with Crippen molar-refractivity contribution in [1.82, 2.24) is 0 Å². The van der Waals surface area contributed by atoms with E-state index in [1.165, 1.54) is 0 Å². The molecule has 0 saturated carbocycles. The number of Topliss-reactive ketones (excluding diaryl/α,β-unsaturated/α-hetero) is 2. The van der Waals surface area contributed by atoms with Crippen LogP contribution in [-0.2, 0) is 19.2 Å². The fourth-order valence-corrected chi connectivity index (χ4v) is 2.18. The number of rotatable bonds is 10. The van der Waals surface area contributed by atoms with E-state index in [0.29, 0.717) is 0 Å². The average molecular weight is 381 g/mol. The van der Waals surface area contributed by atoms with Gasteiger partial charge in [0.25, 0.3) is 0 Å². The van der Waals surface area contributed by atoms with E-state index in [1.54, 1.807) is 0 Å².